The molecule has 1 rings (SSSR count). The van der Waals surface area contributed by atoms with E-state index >= 15 is 0 Å². The van der Waals surface area contributed by atoms with Gasteiger partial charge in [0.25, 0.3) is 5.79 Å². The fourth-order valence-electron chi connectivity index (χ4n) is 1.48. The lowest BCUT2D eigenvalue weighted by Crippen LogP contribution is -2.41. The summed E-state index contributed by atoms with van der Waals surface area (Å²) < 4.78 is 14.9. The summed E-state index contributed by atoms with van der Waals surface area (Å²) in [5.74, 6) is -2.10. The number of hydrogen-bond acceptors (Lipinski definition) is 4. The van der Waals surface area contributed by atoms with Gasteiger partial charge < -0.3 is 14.2 Å². The lowest BCUT2D eigenvalue weighted by atomic mass is 10.1. The second-order valence-electron chi connectivity index (χ2n) is 3.81. The average Bonchev–Trinajstić information content (AvgIpc) is 2.42. The van der Waals surface area contributed by atoms with Crippen LogP contribution < -0.4 is 0 Å². The van der Waals surface area contributed by atoms with Crippen molar-refractivity contribution in [1.29, 1.82) is 0 Å². The van der Waals surface area contributed by atoms with E-state index in [1.165, 1.54) is 33.0 Å². The lowest BCUT2D eigenvalue weighted by Gasteiger charge is -2.23. The number of rotatable bonds is 5. The summed E-state index contributed by atoms with van der Waals surface area (Å²) in [6, 6.07) is 7.86. The lowest BCUT2D eigenvalue weighted by molar-refractivity contribution is -0.207. The molecule has 0 radical (unpaired) electrons. The van der Waals surface area contributed by atoms with Crippen LogP contribution in [0.5, 0.6) is 0 Å². The summed E-state index contributed by atoms with van der Waals surface area (Å²) in [6.07, 6.45) is 3.28. The zero-order chi connectivity index (χ0) is 13.6. The van der Waals surface area contributed by atoms with Crippen LogP contribution in [-0.2, 0) is 19.0 Å². The highest BCUT2D eigenvalue weighted by Crippen LogP contribution is 2.17. The molecule has 0 bridgehead atoms. The molecule has 98 valence electrons. The highest BCUT2D eigenvalue weighted by molar-refractivity contribution is 5.81. The van der Waals surface area contributed by atoms with Gasteiger partial charge in [-0.3, -0.25) is 0 Å². The molecular weight excluding hydrogens is 232 g/mol. The quantitative estimate of drug-likeness (QED) is 0.593. The Kier molecular flexibility index (Phi) is 5.07. The van der Waals surface area contributed by atoms with Crippen molar-refractivity contribution in [2.45, 2.75) is 12.7 Å². The van der Waals surface area contributed by atoms with Gasteiger partial charge in [0, 0.05) is 14.2 Å². The van der Waals surface area contributed by atoms with E-state index in [4.69, 9.17) is 9.47 Å². The zero-order valence-electron chi connectivity index (χ0n) is 11.1. The minimum atomic E-state index is -1.50. The molecule has 0 aliphatic heterocycles. The number of ether oxygens (including phenoxy) is 3. The van der Waals surface area contributed by atoms with Crippen LogP contribution in [0, 0.1) is 6.92 Å². The van der Waals surface area contributed by atoms with Crippen molar-refractivity contribution in [1.82, 2.24) is 0 Å². The maximum absolute atomic E-state index is 11.6. The second kappa shape index (κ2) is 6.33. The highest BCUT2D eigenvalue weighted by Gasteiger charge is 2.37. The second-order valence-corrected chi connectivity index (χ2v) is 3.81. The van der Waals surface area contributed by atoms with Crippen LogP contribution >= 0.6 is 0 Å². The van der Waals surface area contributed by atoms with Crippen LogP contribution in [0.2, 0.25) is 0 Å². The first kappa shape index (κ1) is 14.4. The largest absolute Gasteiger partial charge is 0.465 e. The van der Waals surface area contributed by atoms with Crippen molar-refractivity contribution in [3.05, 3.63) is 41.5 Å². The number of benzene rings is 1. The monoisotopic (exact) mass is 250 g/mol. The van der Waals surface area contributed by atoms with Gasteiger partial charge in [-0.25, -0.2) is 4.79 Å². The molecular formula is C14H18O4. The van der Waals surface area contributed by atoms with E-state index in [0.29, 0.717) is 0 Å². The predicted octanol–water partition coefficient (Wildman–Crippen LogP) is 2.17. The van der Waals surface area contributed by atoms with Crippen LogP contribution in [0.1, 0.15) is 11.1 Å². The number of carbonyl (C=O) groups excluding carboxylic acids is 1. The Morgan fingerprint density at radius 2 is 1.67 bits per heavy atom. The molecule has 0 spiro atoms. The van der Waals surface area contributed by atoms with Gasteiger partial charge in [0.05, 0.1) is 7.11 Å². The Morgan fingerprint density at radius 3 is 2.11 bits per heavy atom. The summed E-state index contributed by atoms with van der Waals surface area (Å²) >= 11 is 0. The summed E-state index contributed by atoms with van der Waals surface area (Å²) in [4.78, 5) is 11.6. The Bertz CT molecular complexity index is 416. The van der Waals surface area contributed by atoms with E-state index in [0.717, 1.165) is 5.56 Å². The maximum Gasteiger partial charge on any atom is 0.371 e. The number of methoxy groups -OCH3 is 3. The zero-order valence-corrected chi connectivity index (χ0v) is 11.1. The first-order chi connectivity index (χ1) is 8.57. The van der Waals surface area contributed by atoms with Gasteiger partial charge in [-0.1, -0.05) is 35.9 Å². The van der Waals surface area contributed by atoms with Crippen LogP contribution in [0.3, 0.4) is 0 Å². The van der Waals surface area contributed by atoms with E-state index in [9.17, 15) is 4.79 Å². The van der Waals surface area contributed by atoms with Gasteiger partial charge in [-0.2, -0.15) is 0 Å². The van der Waals surface area contributed by atoms with E-state index < -0.39 is 11.8 Å². The van der Waals surface area contributed by atoms with Crippen molar-refractivity contribution in [2.75, 3.05) is 21.3 Å². The number of carbonyl (C=O) groups is 1. The molecule has 4 nitrogen and oxygen atoms in total. The molecule has 18 heavy (non-hydrogen) atoms. The molecule has 0 amide bonds. The van der Waals surface area contributed by atoms with Gasteiger partial charge in [-0.15, -0.1) is 0 Å². The summed E-state index contributed by atoms with van der Waals surface area (Å²) in [5.41, 5.74) is 2.12. The van der Waals surface area contributed by atoms with Crippen molar-refractivity contribution in [3.63, 3.8) is 0 Å². The highest BCUT2D eigenvalue weighted by atomic mass is 16.7. The molecule has 0 heterocycles. The SMILES string of the molecule is COC(=O)C(/C=C/c1ccc(C)cc1)(OC)OC. The standard InChI is InChI=1S/C14H18O4/c1-11-5-7-12(8-6-11)9-10-14(17-3,18-4)13(15)16-2/h5-10H,1-4H3/b10-9+. The Balaban J connectivity index is 2.96. The molecule has 0 fully saturated rings. The third kappa shape index (κ3) is 3.18. The minimum Gasteiger partial charge on any atom is -0.465 e. The van der Waals surface area contributed by atoms with Gasteiger partial charge in [0.1, 0.15) is 0 Å². The van der Waals surface area contributed by atoms with Crippen molar-refractivity contribution >= 4 is 12.0 Å². The molecule has 1 aromatic carbocycles. The van der Waals surface area contributed by atoms with Crippen LogP contribution in [0.4, 0.5) is 0 Å². The van der Waals surface area contributed by atoms with Gasteiger partial charge in [0.15, 0.2) is 0 Å². The van der Waals surface area contributed by atoms with Crippen molar-refractivity contribution in [2.24, 2.45) is 0 Å². The number of hydrogen-bond donors (Lipinski definition) is 0. The fraction of sp³-hybridized carbons (Fsp3) is 0.357. The number of aryl methyl sites for hydroxylation is 1. The topological polar surface area (TPSA) is 44.8 Å². The summed E-state index contributed by atoms with van der Waals surface area (Å²) in [6.45, 7) is 2.01. The molecule has 0 aromatic heterocycles. The number of esters is 1. The fourth-order valence-corrected chi connectivity index (χ4v) is 1.48. The summed E-state index contributed by atoms with van der Waals surface area (Å²) in [7, 11) is 4.06. The molecule has 1 aromatic rings. The summed E-state index contributed by atoms with van der Waals surface area (Å²) in [5, 5.41) is 0. The first-order valence-electron chi connectivity index (χ1n) is 5.52. The smallest absolute Gasteiger partial charge is 0.371 e. The molecule has 0 aliphatic carbocycles. The Morgan fingerprint density at radius 1 is 1.11 bits per heavy atom. The van der Waals surface area contributed by atoms with Gasteiger partial charge in [-0.05, 0) is 18.6 Å². The maximum atomic E-state index is 11.6. The van der Waals surface area contributed by atoms with E-state index in [2.05, 4.69) is 4.74 Å². The normalized spacial score (nSPS) is 11.8. The molecule has 0 saturated carbocycles. The van der Waals surface area contributed by atoms with Gasteiger partial charge in [0.2, 0.25) is 0 Å². The molecule has 0 N–H and O–H groups in total. The molecule has 0 unspecified atom stereocenters. The minimum absolute atomic E-state index is 0.601. The molecule has 0 saturated heterocycles. The van der Waals surface area contributed by atoms with Gasteiger partial charge >= 0.3 is 5.97 Å². The van der Waals surface area contributed by atoms with Crippen molar-refractivity contribution in [3.8, 4) is 0 Å². The van der Waals surface area contributed by atoms with Crippen molar-refractivity contribution < 1.29 is 19.0 Å². The first-order valence-corrected chi connectivity index (χ1v) is 5.52. The third-order valence-corrected chi connectivity index (χ3v) is 2.65. The average molecular weight is 250 g/mol. The van der Waals surface area contributed by atoms with Crippen LogP contribution in [0.15, 0.2) is 30.3 Å². The van der Waals surface area contributed by atoms with Crippen LogP contribution in [0.25, 0.3) is 6.08 Å². The van der Waals surface area contributed by atoms with E-state index in [-0.39, 0.29) is 0 Å². The predicted molar refractivity (Wildman–Crippen MR) is 69.0 cm³/mol. The Hall–Kier alpha value is -1.65. The molecule has 0 aliphatic rings. The molecule has 4 heteroatoms. The van der Waals surface area contributed by atoms with Crippen LogP contribution in [-0.4, -0.2) is 33.1 Å². The molecule has 0 atom stereocenters. The van der Waals surface area contributed by atoms with E-state index in [1.54, 1.807) is 6.08 Å². The third-order valence-electron chi connectivity index (χ3n) is 2.65. The van der Waals surface area contributed by atoms with E-state index in [1.807, 2.05) is 31.2 Å². The Labute approximate surface area is 107 Å².